The number of nitrogens with zero attached hydrogens (tertiary/aromatic N) is 4. The second-order valence-electron chi connectivity index (χ2n) is 16.9. The first-order chi connectivity index (χ1) is 32.0. The summed E-state index contributed by atoms with van der Waals surface area (Å²) in [4.78, 5) is 25.1. The number of carbonyl (C=O) groups is 2. The van der Waals surface area contributed by atoms with Gasteiger partial charge in [0.05, 0.1) is 60.3 Å². The number of hydrogen-bond acceptors (Lipinski definition) is 10. The van der Waals surface area contributed by atoms with Crippen molar-refractivity contribution in [3.05, 3.63) is 108 Å². The van der Waals surface area contributed by atoms with E-state index in [1.165, 1.54) is 116 Å². The number of ether oxygens (including phenoxy) is 4. The van der Waals surface area contributed by atoms with Crippen molar-refractivity contribution in [3.8, 4) is 11.5 Å². The van der Waals surface area contributed by atoms with E-state index in [1.54, 1.807) is 48.5 Å². The monoisotopic (exact) mass is 889 g/mol. The molecule has 0 aliphatic heterocycles. The second kappa shape index (κ2) is 34.0. The fourth-order valence-electron chi connectivity index (χ4n) is 7.21. The van der Waals surface area contributed by atoms with Crippen molar-refractivity contribution >= 4 is 34.7 Å². The Bertz CT molecular complexity index is 1760. The van der Waals surface area contributed by atoms with Gasteiger partial charge in [-0.1, -0.05) is 129 Å². The van der Waals surface area contributed by atoms with Gasteiger partial charge >= 0.3 is 11.9 Å². The van der Waals surface area contributed by atoms with Crippen molar-refractivity contribution in [2.45, 2.75) is 162 Å². The Morgan fingerprint density at radius 2 is 0.569 bits per heavy atom. The van der Waals surface area contributed by atoms with Gasteiger partial charge in [0, 0.05) is 0 Å². The predicted molar refractivity (Wildman–Crippen MR) is 263 cm³/mol. The Hall–Kier alpha value is -5.38. The summed E-state index contributed by atoms with van der Waals surface area (Å²) in [5, 5.41) is 17.2. The van der Waals surface area contributed by atoms with E-state index in [0.717, 1.165) is 55.4 Å². The molecule has 0 atom stereocenters. The first-order valence-electron chi connectivity index (χ1n) is 24.9. The number of hydrogen-bond donors (Lipinski definition) is 0. The highest BCUT2D eigenvalue weighted by atomic mass is 16.5. The molecule has 0 heterocycles. The molecule has 4 rings (SSSR count). The van der Waals surface area contributed by atoms with Gasteiger partial charge < -0.3 is 18.9 Å². The van der Waals surface area contributed by atoms with Crippen molar-refractivity contribution in [2.75, 3.05) is 26.4 Å². The van der Waals surface area contributed by atoms with Gasteiger partial charge in [-0.25, -0.2) is 9.59 Å². The highest BCUT2D eigenvalue weighted by molar-refractivity contribution is 5.90. The van der Waals surface area contributed by atoms with Gasteiger partial charge in [-0.05, 0) is 129 Å². The van der Waals surface area contributed by atoms with Crippen LogP contribution in [0, 0.1) is 0 Å². The van der Waals surface area contributed by atoms with Crippen molar-refractivity contribution < 1.29 is 28.5 Å². The molecule has 0 saturated heterocycles. The van der Waals surface area contributed by atoms with Gasteiger partial charge in [-0.2, -0.15) is 20.5 Å². The molecule has 65 heavy (non-hydrogen) atoms. The highest BCUT2D eigenvalue weighted by Crippen LogP contribution is 2.24. The fourth-order valence-corrected chi connectivity index (χ4v) is 7.21. The van der Waals surface area contributed by atoms with E-state index >= 15 is 0 Å². The summed E-state index contributed by atoms with van der Waals surface area (Å²) in [5.41, 5.74) is 3.61. The van der Waals surface area contributed by atoms with Gasteiger partial charge in [0.25, 0.3) is 0 Å². The minimum absolute atomic E-state index is 0.278. The lowest BCUT2D eigenvalue weighted by atomic mass is 10.1. The van der Waals surface area contributed by atoms with Crippen LogP contribution < -0.4 is 9.47 Å². The Morgan fingerprint density at radius 1 is 0.323 bits per heavy atom. The van der Waals surface area contributed by atoms with E-state index in [9.17, 15) is 9.59 Å². The van der Waals surface area contributed by atoms with Crippen molar-refractivity contribution in [3.63, 3.8) is 0 Å². The topological polar surface area (TPSA) is 121 Å². The minimum Gasteiger partial charge on any atom is -0.494 e. The third kappa shape index (κ3) is 23.9. The average Bonchev–Trinajstić information content (AvgIpc) is 3.34. The number of benzene rings is 4. The van der Waals surface area contributed by atoms with Crippen LogP contribution in [-0.4, -0.2) is 38.4 Å². The van der Waals surface area contributed by atoms with E-state index in [2.05, 4.69) is 34.3 Å². The van der Waals surface area contributed by atoms with Crippen LogP contribution in [0.15, 0.2) is 118 Å². The molecule has 0 radical (unpaired) electrons. The lowest BCUT2D eigenvalue weighted by molar-refractivity contribution is 0.0478. The molecule has 0 amide bonds. The molecule has 0 spiro atoms. The lowest BCUT2D eigenvalue weighted by Gasteiger charge is -2.07. The van der Waals surface area contributed by atoms with Crippen LogP contribution >= 0.6 is 0 Å². The Balaban J connectivity index is 0.998. The molecule has 4 aromatic rings. The van der Waals surface area contributed by atoms with Crippen molar-refractivity contribution in [1.82, 2.24) is 0 Å². The van der Waals surface area contributed by atoms with Gasteiger partial charge in [0.1, 0.15) is 11.5 Å². The molecular formula is C55H76N4O6. The maximum Gasteiger partial charge on any atom is 0.338 e. The van der Waals surface area contributed by atoms with Crippen LogP contribution in [0.5, 0.6) is 11.5 Å². The lowest BCUT2D eigenvalue weighted by Crippen LogP contribution is -2.08. The van der Waals surface area contributed by atoms with E-state index in [0.29, 0.717) is 35.3 Å². The molecule has 0 bridgehead atoms. The maximum absolute atomic E-state index is 12.6. The van der Waals surface area contributed by atoms with Gasteiger partial charge in [-0.3, -0.25) is 0 Å². The van der Waals surface area contributed by atoms with Gasteiger partial charge in [0.2, 0.25) is 0 Å². The number of esters is 2. The van der Waals surface area contributed by atoms with Gasteiger partial charge in [-0.15, -0.1) is 0 Å². The minimum atomic E-state index is -0.395. The smallest absolute Gasteiger partial charge is 0.338 e. The second-order valence-corrected chi connectivity index (χ2v) is 16.9. The SMILES string of the molecule is CCCCCCCCCCCCOc1ccc(N=Nc2ccc(C(=O)OCCCCCOC(=O)c3ccc(N=Nc4ccc(OCCCCCCCCCCCC)cc4)cc3)cc2)cc1. The molecule has 352 valence electrons. The molecule has 0 aromatic heterocycles. The van der Waals surface area contributed by atoms with Crippen molar-refractivity contribution in [1.29, 1.82) is 0 Å². The maximum atomic E-state index is 12.6. The van der Waals surface area contributed by atoms with Crippen LogP contribution in [0.1, 0.15) is 182 Å². The third-order valence-corrected chi connectivity index (χ3v) is 11.2. The Kier molecular flexibility index (Phi) is 27.4. The average molecular weight is 889 g/mol. The normalized spacial score (nSPS) is 11.4. The number of carbonyl (C=O) groups excluding carboxylic acids is 2. The van der Waals surface area contributed by atoms with Crippen LogP contribution in [0.4, 0.5) is 22.7 Å². The standard InChI is InChI=1S/C55H76N4O6/c1-3-5-7-9-11-13-15-17-19-22-42-62-52-38-34-50(35-39-52)58-56-48-30-26-46(27-31-48)54(60)64-44-24-21-25-45-65-55(61)47-28-32-49(33-29-47)57-59-51-36-40-53(41-37-51)63-43-23-20-18-16-14-12-10-8-6-4-2/h26-41H,3-25,42-45H2,1-2H3. The Labute approximate surface area is 390 Å². The number of rotatable bonds is 36. The number of azo groups is 2. The summed E-state index contributed by atoms with van der Waals surface area (Å²) < 4.78 is 22.7. The molecule has 10 heteroatoms. The van der Waals surface area contributed by atoms with E-state index in [1.807, 2.05) is 48.5 Å². The van der Waals surface area contributed by atoms with E-state index < -0.39 is 11.9 Å². The predicted octanol–water partition coefficient (Wildman–Crippen LogP) is 17.3. The molecule has 0 aliphatic carbocycles. The molecule has 4 aromatic carbocycles. The van der Waals surface area contributed by atoms with Gasteiger partial charge in [0.15, 0.2) is 0 Å². The first kappa shape index (κ1) is 52.2. The Morgan fingerprint density at radius 3 is 0.877 bits per heavy atom. The quantitative estimate of drug-likeness (QED) is 0.0255. The zero-order chi connectivity index (χ0) is 45.8. The summed E-state index contributed by atoms with van der Waals surface area (Å²) in [6.45, 7) is 6.53. The zero-order valence-electron chi connectivity index (χ0n) is 39.6. The molecule has 10 nitrogen and oxygen atoms in total. The molecular weight excluding hydrogens is 813 g/mol. The summed E-state index contributed by atoms with van der Waals surface area (Å²) >= 11 is 0. The molecule has 0 aliphatic rings. The third-order valence-electron chi connectivity index (χ3n) is 11.2. The van der Waals surface area contributed by atoms with Crippen LogP contribution in [0.25, 0.3) is 0 Å². The van der Waals surface area contributed by atoms with Crippen LogP contribution in [-0.2, 0) is 9.47 Å². The van der Waals surface area contributed by atoms with Crippen molar-refractivity contribution in [2.24, 2.45) is 20.5 Å². The number of unbranched alkanes of at least 4 members (excludes halogenated alkanes) is 20. The summed E-state index contributed by atoms with van der Waals surface area (Å²) in [6.07, 6.45) is 28.1. The zero-order valence-corrected chi connectivity index (χ0v) is 39.6. The summed E-state index contributed by atoms with van der Waals surface area (Å²) in [6, 6.07) is 28.9. The van der Waals surface area contributed by atoms with E-state index in [-0.39, 0.29) is 13.2 Å². The largest absolute Gasteiger partial charge is 0.494 e. The first-order valence-corrected chi connectivity index (χ1v) is 24.9. The fraction of sp³-hybridized carbons (Fsp3) is 0.527. The molecule has 0 fully saturated rings. The molecule has 0 N–H and O–H groups in total. The van der Waals surface area contributed by atoms with Crippen LogP contribution in [0.2, 0.25) is 0 Å². The van der Waals surface area contributed by atoms with Crippen LogP contribution in [0.3, 0.4) is 0 Å². The highest BCUT2D eigenvalue weighted by Gasteiger charge is 2.09. The summed E-state index contributed by atoms with van der Waals surface area (Å²) in [7, 11) is 0. The van der Waals surface area contributed by atoms with E-state index in [4.69, 9.17) is 18.9 Å². The summed E-state index contributed by atoms with van der Waals surface area (Å²) in [5.74, 6) is 0.882. The molecule has 0 unspecified atom stereocenters. The molecule has 0 saturated carbocycles.